The molecule has 1 saturated heterocycles. The van der Waals surface area contributed by atoms with Gasteiger partial charge in [0.25, 0.3) is 0 Å². The average Bonchev–Trinajstić information content (AvgIpc) is 2.67. The van der Waals surface area contributed by atoms with Crippen molar-refractivity contribution >= 4 is 6.03 Å². The molecule has 1 aliphatic heterocycles. The Morgan fingerprint density at radius 2 is 2.00 bits per heavy atom. The van der Waals surface area contributed by atoms with Crippen molar-refractivity contribution in [3.8, 4) is 0 Å². The number of rotatable bonds is 3. The van der Waals surface area contributed by atoms with E-state index in [0.29, 0.717) is 6.54 Å². The predicted molar refractivity (Wildman–Crippen MR) is 72.3 cm³/mol. The van der Waals surface area contributed by atoms with Crippen LogP contribution >= 0.6 is 0 Å². The molecule has 18 heavy (non-hydrogen) atoms. The van der Waals surface area contributed by atoms with Crippen LogP contribution in [-0.2, 0) is 0 Å². The summed E-state index contributed by atoms with van der Waals surface area (Å²) in [6.07, 6.45) is 0. The summed E-state index contributed by atoms with van der Waals surface area (Å²) in [5, 5.41) is 0. The van der Waals surface area contributed by atoms with Gasteiger partial charge in [-0.3, -0.25) is 0 Å². The molecule has 4 nitrogen and oxygen atoms in total. The van der Waals surface area contributed by atoms with Crippen molar-refractivity contribution in [1.29, 1.82) is 0 Å². The highest BCUT2D eigenvalue weighted by atomic mass is 16.2. The Bertz CT molecular complexity index is 429. The molecule has 0 aliphatic carbocycles. The molecule has 0 saturated carbocycles. The van der Waals surface area contributed by atoms with Crippen LogP contribution in [0.25, 0.3) is 0 Å². The molecule has 4 heteroatoms. The standard InChI is InChI=1S/C14H21N3O/c1-10-4-6-12(7-5-10)13-9-17(11(2)8-15)14(18)16(13)3/h4-7,11,13H,8-9,15H2,1-3H3. The van der Waals surface area contributed by atoms with Gasteiger partial charge in [-0.2, -0.15) is 0 Å². The van der Waals surface area contributed by atoms with E-state index in [2.05, 4.69) is 31.2 Å². The van der Waals surface area contributed by atoms with Gasteiger partial charge in [-0.05, 0) is 19.4 Å². The molecule has 1 heterocycles. The third-order valence-electron chi connectivity index (χ3n) is 3.72. The van der Waals surface area contributed by atoms with E-state index >= 15 is 0 Å². The van der Waals surface area contributed by atoms with Gasteiger partial charge in [0.1, 0.15) is 0 Å². The lowest BCUT2D eigenvalue weighted by molar-refractivity contribution is 0.185. The van der Waals surface area contributed by atoms with E-state index in [9.17, 15) is 4.79 Å². The van der Waals surface area contributed by atoms with Crippen LogP contribution in [0.2, 0.25) is 0 Å². The van der Waals surface area contributed by atoms with E-state index in [-0.39, 0.29) is 18.1 Å². The summed E-state index contributed by atoms with van der Waals surface area (Å²) >= 11 is 0. The van der Waals surface area contributed by atoms with Crippen molar-refractivity contribution in [2.45, 2.75) is 25.9 Å². The number of nitrogens with two attached hydrogens (primary N) is 1. The van der Waals surface area contributed by atoms with Gasteiger partial charge in [0.15, 0.2) is 0 Å². The summed E-state index contributed by atoms with van der Waals surface area (Å²) in [6, 6.07) is 8.66. The van der Waals surface area contributed by atoms with Gasteiger partial charge in [-0.25, -0.2) is 4.79 Å². The SMILES string of the molecule is Cc1ccc(C2CN(C(C)CN)C(=O)N2C)cc1. The second-order valence-electron chi connectivity index (χ2n) is 5.06. The van der Waals surface area contributed by atoms with Crippen molar-refractivity contribution in [3.05, 3.63) is 35.4 Å². The van der Waals surface area contributed by atoms with Crippen LogP contribution < -0.4 is 5.73 Å². The van der Waals surface area contributed by atoms with E-state index in [0.717, 1.165) is 6.54 Å². The van der Waals surface area contributed by atoms with Crippen LogP contribution in [0.1, 0.15) is 24.1 Å². The Morgan fingerprint density at radius 1 is 1.39 bits per heavy atom. The van der Waals surface area contributed by atoms with E-state index in [1.54, 1.807) is 4.90 Å². The van der Waals surface area contributed by atoms with Gasteiger partial charge in [0, 0.05) is 26.2 Å². The number of carbonyl (C=O) groups is 1. The number of aryl methyl sites for hydroxylation is 1. The zero-order valence-electron chi connectivity index (χ0n) is 11.3. The molecule has 2 unspecified atom stereocenters. The second kappa shape index (κ2) is 4.98. The molecule has 1 aromatic carbocycles. The van der Waals surface area contributed by atoms with Crippen molar-refractivity contribution in [2.24, 2.45) is 5.73 Å². The fourth-order valence-electron chi connectivity index (χ4n) is 2.34. The summed E-state index contributed by atoms with van der Waals surface area (Å²) in [7, 11) is 1.86. The molecule has 2 atom stereocenters. The molecule has 2 amide bonds. The fraction of sp³-hybridized carbons (Fsp3) is 0.500. The first-order valence-electron chi connectivity index (χ1n) is 6.34. The molecule has 0 aromatic heterocycles. The lowest BCUT2D eigenvalue weighted by atomic mass is 10.0. The smallest absolute Gasteiger partial charge is 0.320 e. The summed E-state index contributed by atoms with van der Waals surface area (Å²) in [5.74, 6) is 0. The summed E-state index contributed by atoms with van der Waals surface area (Å²) in [6.45, 7) is 5.27. The Labute approximate surface area is 108 Å². The second-order valence-corrected chi connectivity index (χ2v) is 5.06. The van der Waals surface area contributed by atoms with Gasteiger partial charge >= 0.3 is 6.03 Å². The molecule has 98 valence electrons. The summed E-state index contributed by atoms with van der Waals surface area (Å²) in [4.78, 5) is 15.8. The molecule has 1 aliphatic rings. The van der Waals surface area contributed by atoms with E-state index < -0.39 is 0 Å². The van der Waals surface area contributed by atoms with E-state index in [4.69, 9.17) is 5.73 Å². The minimum atomic E-state index is 0.0681. The molecule has 0 radical (unpaired) electrons. The molecule has 1 aromatic rings. The molecule has 1 fully saturated rings. The summed E-state index contributed by atoms with van der Waals surface area (Å²) in [5.41, 5.74) is 8.07. The topological polar surface area (TPSA) is 49.6 Å². The third kappa shape index (κ3) is 2.20. The maximum Gasteiger partial charge on any atom is 0.320 e. The van der Waals surface area contributed by atoms with Crippen LogP contribution in [0.5, 0.6) is 0 Å². The maximum absolute atomic E-state index is 12.2. The van der Waals surface area contributed by atoms with Gasteiger partial charge in [-0.1, -0.05) is 29.8 Å². The van der Waals surface area contributed by atoms with E-state index in [1.165, 1.54) is 11.1 Å². The first-order valence-corrected chi connectivity index (χ1v) is 6.34. The molecular formula is C14H21N3O. The fourth-order valence-corrected chi connectivity index (χ4v) is 2.34. The monoisotopic (exact) mass is 247 g/mol. The normalized spacial score (nSPS) is 21.6. The van der Waals surface area contributed by atoms with Crippen LogP contribution in [0.3, 0.4) is 0 Å². The van der Waals surface area contributed by atoms with Crippen molar-refractivity contribution in [1.82, 2.24) is 9.80 Å². The van der Waals surface area contributed by atoms with Crippen LogP contribution in [0.15, 0.2) is 24.3 Å². The number of nitrogens with zero attached hydrogens (tertiary/aromatic N) is 2. The highest BCUT2D eigenvalue weighted by Gasteiger charge is 2.37. The van der Waals surface area contributed by atoms with Crippen LogP contribution in [0, 0.1) is 6.92 Å². The molecular weight excluding hydrogens is 226 g/mol. The number of benzene rings is 1. The number of urea groups is 1. The Morgan fingerprint density at radius 3 is 2.56 bits per heavy atom. The lowest BCUT2D eigenvalue weighted by Crippen LogP contribution is -2.40. The van der Waals surface area contributed by atoms with Crippen molar-refractivity contribution in [2.75, 3.05) is 20.1 Å². The van der Waals surface area contributed by atoms with Gasteiger partial charge in [-0.15, -0.1) is 0 Å². The Hall–Kier alpha value is -1.55. The number of hydrogen-bond acceptors (Lipinski definition) is 2. The average molecular weight is 247 g/mol. The van der Waals surface area contributed by atoms with Crippen LogP contribution in [-0.4, -0.2) is 42.0 Å². The van der Waals surface area contributed by atoms with Gasteiger partial charge < -0.3 is 15.5 Å². The number of carbonyl (C=O) groups excluding carboxylic acids is 1. The molecule has 2 rings (SSSR count). The van der Waals surface area contributed by atoms with Gasteiger partial charge in [0.05, 0.1) is 6.04 Å². The Kier molecular flexibility index (Phi) is 3.57. The summed E-state index contributed by atoms with van der Waals surface area (Å²) < 4.78 is 0. The van der Waals surface area contributed by atoms with Crippen molar-refractivity contribution < 1.29 is 4.79 Å². The van der Waals surface area contributed by atoms with E-state index in [1.807, 2.05) is 18.9 Å². The zero-order valence-corrected chi connectivity index (χ0v) is 11.3. The third-order valence-corrected chi connectivity index (χ3v) is 3.72. The number of likely N-dealkylation sites (N-methyl/N-ethyl adjacent to an activating group) is 1. The first kappa shape index (κ1) is 12.9. The Balaban J connectivity index is 2.21. The largest absolute Gasteiger partial charge is 0.328 e. The van der Waals surface area contributed by atoms with Gasteiger partial charge in [0.2, 0.25) is 0 Å². The minimum Gasteiger partial charge on any atom is -0.328 e. The number of hydrogen-bond donors (Lipinski definition) is 1. The highest BCUT2D eigenvalue weighted by molar-refractivity contribution is 5.77. The quantitative estimate of drug-likeness (QED) is 0.884. The molecule has 0 spiro atoms. The minimum absolute atomic E-state index is 0.0681. The zero-order chi connectivity index (χ0) is 13.3. The lowest BCUT2D eigenvalue weighted by Gasteiger charge is -2.21. The van der Waals surface area contributed by atoms with Crippen LogP contribution in [0.4, 0.5) is 4.79 Å². The predicted octanol–water partition coefficient (Wildman–Crippen LogP) is 1.75. The molecule has 0 bridgehead atoms. The maximum atomic E-state index is 12.2. The highest BCUT2D eigenvalue weighted by Crippen LogP contribution is 2.29. The molecule has 2 N–H and O–H groups in total. The number of amides is 2. The van der Waals surface area contributed by atoms with Crippen molar-refractivity contribution in [3.63, 3.8) is 0 Å². The first-order chi connectivity index (χ1) is 8.54.